The maximum absolute atomic E-state index is 5.27. The summed E-state index contributed by atoms with van der Waals surface area (Å²) in [5.74, 6) is 2.16. The Hall–Kier alpha value is -2.53. The van der Waals surface area contributed by atoms with Crippen LogP contribution in [0.15, 0.2) is 53.5 Å². The van der Waals surface area contributed by atoms with Gasteiger partial charge in [-0.15, -0.1) is 0 Å². The predicted molar refractivity (Wildman–Crippen MR) is 111 cm³/mol. The molecule has 0 amide bonds. The van der Waals surface area contributed by atoms with Gasteiger partial charge in [-0.1, -0.05) is 43.3 Å². The Kier molecular flexibility index (Phi) is 8.65. The predicted octanol–water partition coefficient (Wildman–Crippen LogP) is 3.70. The number of aliphatic imine (C=N–C) groups is 1. The molecule has 2 rings (SSSR count). The molecule has 0 aliphatic rings. The van der Waals surface area contributed by atoms with E-state index in [9.17, 15) is 0 Å². The molecular formula is C22H31N3O2. The van der Waals surface area contributed by atoms with E-state index in [-0.39, 0.29) is 0 Å². The summed E-state index contributed by atoms with van der Waals surface area (Å²) in [6.07, 6.45) is 1.02. The minimum Gasteiger partial charge on any atom is -0.497 e. The van der Waals surface area contributed by atoms with Crippen LogP contribution in [0.1, 0.15) is 36.0 Å². The molecule has 0 aliphatic heterocycles. The molecule has 0 fully saturated rings. The van der Waals surface area contributed by atoms with Crippen LogP contribution in [-0.4, -0.2) is 33.8 Å². The lowest BCUT2D eigenvalue weighted by Crippen LogP contribution is -2.37. The molecule has 0 aliphatic carbocycles. The van der Waals surface area contributed by atoms with Crippen molar-refractivity contribution in [2.24, 2.45) is 4.99 Å². The van der Waals surface area contributed by atoms with Crippen LogP contribution in [0.3, 0.4) is 0 Å². The zero-order valence-electron chi connectivity index (χ0n) is 16.8. The van der Waals surface area contributed by atoms with Crippen molar-refractivity contribution < 1.29 is 9.47 Å². The van der Waals surface area contributed by atoms with Crippen molar-refractivity contribution >= 4 is 5.96 Å². The van der Waals surface area contributed by atoms with Crippen LogP contribution < -0.4 is 15.4 Å². The fourth-order valence-corrected chi connectivity index (χ4v) is 2.93. The summed E-state index contributed by atoms with van der Waals surface area (Å²) in [6, 6.07) is 16.6. The van der Waals surface area contributed by atoms with Gasteiger partial charge < -0.3 is 20.1 Å². The standard InChI is InChI=1S/C22H31N3O2/c1-17(18-9-11-21(27-4)12-10-18)13-14-24-22(23-2)25-15-19-7-5-6-8-20(19)16-26-3/h5-12,17H,13-16H2,1-4H3,(H2,23,24,25). The quantitative estimate of drug-likeness (QED) is 0.523. The lowest BCUT2D eigenvalue weighted by atomic mass is 9.98. The summed E-state index contributed by atoms with van der Waals surface area (Å²) in [5.41, 5.74) is 3.72. The van der Waals surface area contributed by atoms with E-state index in [4.69, 9.17) is 9.47 Å². The highest BCUT2D eigenvalue weighted by molar-refractivity contribution is 5.79. The van der Waals surface area contributed by atoms with E-state index in [1.807, 2.05) is 24.3 Å². The monoisotopic (exact) mass is 369 g/mol. The highest BCUT2D eigenvalue weighted by atomic mass is 16.5. The maximum atomic E-state index is 5.27. The van der Waals surface area contributed by atoms with Crippen molar-refractivity contribution in [1.29, 1.82) is 0 Å². The molecule has 146 valence electrons. The number of ether oxygens (including phenoxy) is 2. The Morgan fingerprint density at radius 2 is 1.70 bits per heavy atom. The topological polar surface area (TPSA) is 54.9 Å². The average Bonchev–Trinajstić information content (AvgIpc) is 2.71. The maximum Gasteiger partial charge on any atom is 0.191 e. The van der Waals surface area contributed by atoms with Gasteiger partial charge in [-0.3, -0.25) is 4.99 Å². The van der Waals surface area contributed by atoms with Gasteiger partial charge >= 0.3 is 0 Å². The molecule has 2 N–H and O–H groups in total. The molecule has 0 bridgehead atoms. The summed E-state index contributed by atoms with van der Waals surface area (Å²) < 4.78 is 10.5. The van der Waals surface area contributed by atoms with E-state index in [1.54, 1.807) is 21.3 Å². The second-order valence-corrected chi connectivity index (χ2v) is 6.52. The van der Waals surface area contributed by atoms with E-state index in [2.05, 4.69) is 46.8 Å². The molecule has 0 aromatic heterocycles. The third-order valence-electron chi connectivity index (χ3n) is 4.64. The molecule has 1 unspecified atom stereocenters. The van der Waals surface area contributed by atoms with E-state index in [0.717, 1.165) is 24.7 Å². The van der Waals surface area contributed by atoms with Crippen LogP contribution >= 0.6 is 0 Å². The molecule has 0 spiro atoms. The third-order valence-corrected chi connectivity index (χ3v) is 4.64. The molecule has 27 heavy (non-hydrogen) atoms. The summed E-state index contributed by atoms with van der Waals surface area (Å²) >= 11 is 0. The highest BCUT2D eigenvalue weighted by Crippen LogP contribution is 2.21. The van der Waals surface area contributed by atoms with E-state index in [1.165, 1.54) is 16.7 Å². The van der Waals surface area contributed by atoms with Crippen LogP contribution in [0.25, 0.3) is 0 Å². The Balaban J connectivity index is 1.80. The molecule has 0 saturated heterocycles. The summed E-state index contributed by atoms with van der Waals surface area (Å²) in [6.45, 7) is 4.42. The Morgan fingerprint density at radius 3 is 2.33 bits per heavy atom. The normalized spacial score (nSPS) is 12.5. The first-order valence-electron chi connectivity index (χ1n) is 9.32. The second kappa shape index (κ2) is 11.2. The SMILES string of the molecule is CN=C(NCCC(C)c1ccc(OC)cc1)NCc1ccccc1COC. The van der Waals surface area contributed by atoms with Gasteiger partial charge in [0.2, 0.25) is 0 Å². The highest BCUT2D eigenvalue weighted by Gasteiger charge is 2.07. The molecule has 0 radical (unpaired) electrons. The number of nitrogens with one attached hydrogen (secondary N) is 2. The minimum absolute atomic E-state index is 0.462. The molecule has 2 aromatic carbocycles. The lowest BCUT2D eigenvalue weighted by Gasteiger charge is -2.16. The zero-order chi connectivity index (χ0) is 19.5. The van der Waals surface area contributed by atoms with Crippen molar-refractivity contribution in [1.82, 2.24) is 10.6 Å². The van der Waals surface area contributed by atoms with E-state index < -0.39 is 0 Å². The molecular weight excluding hydrogens is 338 g/mol. The number of hydrogen-bond donors (Lipinski definition) is 2. The number of guanidine groups is 1. The van der Waals surface area contributed by atoms with Crippen molar-refractivity contribution in [2.45, 2.75) is 32.4 Å². The first kappa shape index (κ1) is 20.8. The van der Waals surface area contributed by atoms with Crippen LogP contribution in [0.4, 0.5) is 0 Å². The minimum atomic E-state index is 0.462. The van der Waals surface area contributed by atoms with Gasteiger partial charge in [-0.25, -0.2) is 0 Å². The van der Waals surface area contributed by atoms with Crippen molar-refractivity contribution in [3.8, 4) is 5.75 Å². The first-order chi connectivity index (χ1) is 13.2. The number of nitrogens with zero attached hydrogens (tertiary/aromatic N) is 1. The Labute approximate surface area is 162 Å². The molecule has 5 nitrogen and oxygen atoms in total. The van der Waals surface area contributed by atoms with E-state index >= 15 is 0 Å². The zero-order valence-corrected chi connectivity index (χ0v) is 16.8. The molecule has 0 saturated carbocycles. The summed E-state index contributed by atoms with van der Waals surface area (Å²) in [5, 5.41) is 6.78. The van der Waals surface area contributed by atoms with Crippen molar-refractivity contribution in [2.75, 3.05) is 27.8 Å². The number of hydrogen-bond acceptors (Lipinski definition) is 3. The van der Waals surface area contributed by atoms with Gasteiger partial charge in [0.25, 0.3) is 0 Å². The Morgan fingerprint density at radius 1 is 1.00 bits per heavy atom. The van der Waals surface area contributed by atoms with Gasteiger partial charge in [-0.05, 0) is 41.2 Å². The van der Waals surface area contributed by atoms with Crippen LogP contribution in [0.5, 0.6) is 5.75 Å². The molecule has 0 heterocycles. The van der Waals surface area contributed by atoms with E-state index in [0.29, 0.717) is 19.1 Å². The number of rotatable bonds is 9. The number of methoxy groups -OCH3 is 2. The largest absolute Gasteiger partial charge is 0.497 e. The van der Waals surface area contributed by atoms with Crippen LogP contribution in [0.2, 0.25) is 0 Å². The second-order valence-electron chi connectivity index (χ2n) is 6.52. The first-order valence-corrected chi connectivity index (χ1v) is 9.32. The average molecular weight is 370 g/mol. The van der Waals surface area contributed by atoms with Gasteiger partial charge in [0.1, 0.15) is 5.75 Å². The van der Waals surface area contributed by atoms with Crippen LogP contribution in [-0.2, 0) is 17.9 Å². The summed E-state index contributed by atoms with van der Waals surface area (Å²) in [7, 11) is 5.20. The molecule has 2 aromatic rings. The summed E-state index contributed by atoms with van der Waals surface area (Å²) in [4.78, 5) is 4.32. The third kappa shape index (κ3) is 6.61. The fraction of sp³-hybridized carbons (Fsp3) is 0.409. The molecule has 1 atom stereocenters. The lowest BCUT2D eigenvalue weighted by molar-refractivity contribution is 0.184. The Bertz CT molecular complexity index is 714. The van der Waals surface area contributed by atoms with Gasteiger partial charge in [0.15, 0.2) is 5.96 Å². The van der Waals surface area contributed by atoms with Gasteiger partial charge in [-0.2, -0.15) is 0 Å². The number of benzene rings is 2. The van der Waals surface area contributed by atoms with Crippen molar-refractivity contribution in [3.05, 3.63) is 65.2 Å². The van der Waals surface area contributed by atoms with Gasteiger partial charge in [0.05, 0.1) is 13.7 Å². The fourth-order valence-electron chi connectivity index (χ4n) is 2.93. The smallest absolute Gasteiger partial charge is 0.191 e. The van der Waals surface area contributed by atoms with Gasteiger partial charge in [0, 0.05) is 27.2 Å². The van der Waals surface area contributed by atoms with Crippen molar-refractivity contribution in [3.63, 3.8) is 0 Å². The van der Waals surface area contributed by atoms with Crippen LogP contribution in [0, 0.1) is 0 Å². The molecule has 5 heteroatoms.